The Kier molecular flexibility index (Phi) is 5.60. The van der Waals surface area contributed by atoms with Gasteiger partial charge in [0.25, 0.3) is 6.43 Å². The molecule has 0 aliphatic carbocycles. The van der Waals surface area contributed by atoms with E-state index in [1.807, 2.05) is 6.20 Å². The van der Waals surface area contributed by atoms with Crippen molar-refractivity contribution in [3.63, 3.8) is 0 Å². The van der Waals surface area contributed by atoms with Gasteiger partial charge in [-0.15, -0.1) is 0 Å². The number of aryl methyl sites for hydroxylation is 1. The van der Waals surface area contributed by atoms with E-state index in [-0.39, 0.29) is 6.61 Å². The van der Waals surface area contributed by atoms with E-state index in [0.717, 1.165) is 5.56 Å². The van der Waals surface area contributed by atoms with Gasteiger partial charge in [0.05, 0.1) is 6.61 Å². The first-order valence-corrected chi connectivity index (χ1v) is 5.25. The summed E-state index contributed by atoms with van der Waals surface area (Å²) >= 11 is 0. The summed E-state index contributed by atoms with van der Waals surface area (Å²) in [5.41, 5.74) is 1.58. The van der Waals surface area contributed by atoms with Gasteiger partial charge in [0, 0.05) is 26.3 Å². The van der Waals surface area contributed by atoms with Crippen LogP contribution in [0.25, 0.3) is 0 Å². The van der Waals surface area contributed by atoms with Gasteiger partial charge in [-0.1, -0.05) is 0 Å². The summed E-state index contributed by atoms with van der Waals surface area (Å²) in [4.78, 5) is 0. The minimum Gasteiger partial charge on any atom is -0.374 e. The maximum Gasteiger partial charge on any atom is 0.261 e. The number of rotatable bonds is 7. The molecule has 0 saturated carbocycles. The predicted molar refractivity (Wildman–Crippen MR) is 58.7 cm³/mol. The van der Waals surface area contributed by atoms with E-state index < -0.39 is 13.0 Å². The zero-order valence-corrected chi connectivity index (χ0v) is 9.62. The van der Waals surface area contributed by atoms with Gasteiger partial charge in [0.2, 0.25) is 0 Å². The van der Waals surface area contributed by atoms with E-state index >= 15 is 0 Å². The molecule has 4 nitrogen and oxygen atoms in total. The van der Waals surface area contributed by atoms with Gasteiger partial charge in [0.1, 0.15) is 18.4 Å². The number of aromatic nitrogens is 1. The largest absolute Gasteiger partial charge is 0.374 e. The van der Waals surface area contributed by atoms with Crippen LogP contribution in [0.3, 0.4) is 0 Å². The summed E-state index contributed by atoms with van der Waals surface area (Å²) in [7, 11) is 1.80. The fourth-order valence-electron chi connectivity index (χ4n) is 1.39. The van der Waals surface area contributed by atoms with Gasteiger partial charge in [-0.25, -0.2) is 8.78 Å². The van der Waals surface area contributed by atoms with E-state index in [2.05, 4.69) is 11.4 Å². The van der Waals surface area contributed by atoms with Crippen LogP contribution >= 0.6 is 0 Å². The molecule has 0 aromatic carbocycles. The first-order chi connectivity index (χ1) is 8.13. The molecule has 17 heavy (non-hydrogen) atoms. The standard InChI is InChI=1S/C11H15F2N3O/c1-16-7-9(4-10(16)5-14)6-15-2-3-17-8-11(12)13/h4,7,11,15H,2-3,6,8H2,1H3. The summed E-state index contributed by atoms with van der Waals surface area (Å²) in [5.74, 6) is 0. The third-order valence-corrected chi connectivity index (χ3v) is 2.17. The lowest BCUT2D eigenvalue weighted by Gasteiger charge is -2.04. The summed E-state index contributed by atoms with van der Waals surface area (Å²) in [5, 5.41) is 11.8. The van der Waals surface area contributed by atoms with Gasteiger partial charge >= 0.3 is 0 Å². The molecule has 0 aliphatic rings. The van der Waals surface area contributed by atoms with E-state index in [0.29, 0.717) is 18.8 Å². The van der Waals surface area contributed by atoms with Gasteiger partial charge in [-0.2, -0.15) is 5.26 Å². The molecule has 0 atom stereocenters. The summed E-state index contributed by atoms with van der Waals surface area (Å²) in [6, 6.07) is 3.85. The average Bonchev–Trinajstić information content (AvgIpc) is 2.63. The number of nitrogens with one attached hydrogen (secondary N) is 1. The second kappa shape index (κ2) is 6.99. The van der Waals surface area contributed by atoms with Crippen LogP contribution in [0.2, 0.25) is 0 Å². The minimum absolute atomic E-state index is 0.252. The molecule has 1 N–H and O–H groups in total. The SMILES string of the molecule is Cn1cc(CNCCOCC(F)F)cc1C#N. The smallest absolute Gasteiger partial charge is 0.261 e. The highest BCUT2D eigenvalue weighted by atomic mass is 19.3. The molecule has 0 saturated heterocycles. The van der Waals surface area contributed by atoms with Crippen molar-refractivity contribution in [3.8, 4) is 6.07 Å². The highest BCUT2D eigenvalue weighted by Gasteiger charge is 2.02. The molecule has 1 heterocycles. The average molecular weight is 243 g/mol. The second-order valence-corrected chi connectivity index (χ2v) is 3.60. The number of ether oxygens (including phenoxy) is 1. The summed E-state index contributed by atoms with van der Waals surface area (Å²) in [6.07, 6.45) is -0.562. The molecule has 0 bridgehead atoms. The Morgan fingerprint density at radius 3 is 2.94 bits per heavy atom. The maximum atomic E-state index is 11.7. The summed E-state index contributed by atoms with van der Waals surface area (Å²) < 4.78 is 29.9. The van der Waals surface area contributed by atoms with Gasteiger partial charge in [0.15, 0.2) is 0 Å². The number of halogens is 2. The second-order valence-electron chi connectivity index (χ2n) is 3.60. The molecular formula is C11H15F2N3O. The number of nitriles is 1. The van der Waals surface area contributed by atoms with Crippen molar-refractivity contribution in [2.24, 2.45) is 7.05 Å². The van der Waals surface area contributed by atoms with Gasteiger partial charge in [-0.05, 0) is 11.6 Å². The lowest BCUT2D eigenvalue weighted by molar-refractivity contribution is 0.0187. The zero-order chi connectivity index (χ0) is 12.7. The molecule has 1 aromatic heterocycles. The van der Waals surface area contributed by atoms with Gasteiger partial charge < -0.3 is 14.6 Å². The van der Waals surface area contributed by atoms with Crippen LogP contribution in [0.15, 0.2) is 12.3 Å². The van der Waals surface area contributed by atoms with Crippen molar-refractivity contribution < 1.29 is 13.5 Å². The Hall–Kier alpha value is -1.45. The van der Waals surface area contributed by atoms with E-state index in [1.165, 1.54) is 0 Å². The molecular weight excluding hydrogens is 228 g/mol. The number of hydrogen-bond donors (Lipinski definition) is 1. The van der Waals surface area contributed by atoms with Crippen LogP contribution in [-0.4, -0.2) is 30.8 Å². The monoisotopic (exact) mass is 243 g/mol. The molecule has 0 unspecified atom stereocenters. The Morgan fingerprint density at radius 2 is 2.35 bits per heavy atom. The molecule has 0 fully saturated rings. The van der Waals surface area contributed by atoms with Crippen molar-refractivity contribution >= 4 is 0 Å². The lowest BCUT2D eigenvalue weighted by Crippen LogP contribution is -2.20. The van der Waals surface area contributed by atoms with E-state index in [9.17, 15) is 8.78 Å². The first-order valence-electron chi connectivity index (χ1n) is 5.25. The highest BCUT2D eigenvalue weighted by molar-refractivity contribution is 5.28. The molecule has 1 rings (SSSR count). The third kappa shape index (κ3) is 4.93. The lowest BCUT2D eigenvalue weighted by atomic mass is 10.3. The Bertz CT molecular complexity index is 385. The van der Waals surface area contributed by atoms with Crippen molar-refractivity contribution in [2.45, 2.75) is 13.0 Å². The van der Waals surface area contributed by atoms with Crippen molar-refractivity contribution in [1.82, 2.24) is 9.88 Å². The van der Waals surface area contributed by atoms with Gasteiger partial charge in [-0.3, -0.25) is 0 Å². The van der Waals surface area contributed by atoms with Crippen molar-refractivity contribution in [1.29, 1.82) is 5.26 Å². The minimum atomic E-state index is -2.41. The van der Waals surface area contributed by atoms with Crippen LogP contribution in [0.5, 0.6) is 0 Å². The van der Waals surface area contributed by atoms with Crippen LogP contribution in [0, 0.1) is 11.3 Å². The third-order valence-electron chi connectivity index (χ3n) is 2.17. The first kappa shape index (κ1) is 13.6. The highest BCUT2D eigenvalue weighted by Crippen LogP contribution is 2.05. The van der Waals surface area contributed by atoms with E-state index in [1.54, 1.807) is 17.7 Å². The fraction of sp³-hybridized carbons (Fsp3) is 0.545. The molecule has 0 radical (unpaired) electrons. The number of hydrogen-bond acceptors (Lipinski definition) is 3. The van der Waals surface area contributed by atoms with Crippen molar-refractivity contribution in [3.05, 3.63) is 23.5 Å². The van der Waals surface area contributed by atoms with Crippen molar-refractivity contribution in [2.75, 3.05) is 19.8 Å². The Morgan fingerprint density at radius 1 is 1.59 bits per heavy atom. The van der Waals surface area contributed by atoms with Crippen LogP contribution in [-0.2, 0) is 18.3 Å². The molecule has 1 aromatic rings. The molecule has 0 spiro atoms. The number of nitrogens with zero attached hydrogens (tertiary/aromatic N) is 2. The van der Waals surface area contributed by atoms with E-state index in [4.69, 9.17) is 10.00 Å². The normalized spacial score (nSPS) is 10.8. The van der Waals surface area contributed by atoms with Crippen LogP contribution in [0.1, 0.15) is 11.3 Å². The molecule has 0 amide bonds. The molecule has 94 valence electrons. The topological polar surface area (TPSA) is 50.0 Å². The molecule has 0 aliphatic heterocycles. The predicted octanol–water partition coefficient (Wildman–Crippen LogP) is 1.27. The fourth-order valence-corrected chi connectivity index (χ4v) is 1.39. The Labute approximate surface area is 98.8 Å². The Balaban J connectivity index is 2.16. The maximum absolute atomic E-state index is 11.7. The van der Waals surface area contributed by atoms with Crippen LogP contribution < -0.4 is 5.32 Å². The quantitative estimate of drug-likeness (QED) is 0.734. The summed E-state index contributed by atoms with van der Waals surface area (Å²) in [6.45, 7) is 0.824. The molecule has 6 heteroatoms. The van der Waals surface area contributed by atoms with Crippen LogP contribution in [0.4, 0.5) is 8.78 Å². The zero-order valence-electron chi connectivity index (χ0n) is 9.62. The number of alkyl halides is 2.